The van der Waals surface area contributed by atoms with Gasteiger partial charge in [-0.1, -0.05) is 41.5 Å². The molecule has 1 aliphatic heterocycles. The summed E-state index contributed by atoms with van der Waals surface area (Å²) in [5.74, 6) is 0.0912. The molecule has 0 radical (unpaired) electrons. The van der Waals surface area contributed by atoms with E-state index in [9.17, 15) is 9.90 Å². The second kappa shape index (κ2) is 5.91. The number of hydrogen-bond acceptors (Lipinski definition) is 5. The van der Waals surface area contributed by atoms with Crippen LogP contribution in [0.4, 0.5) is 5.82 Å². The molecule has 6 heteroatoms. The fourth-order valence-corrected chi connectivity index (χ4v) is 3.44. The van der Waals surface area contributed by atoms with Gasteiger partial charge in [0.15, 0.2) is 6.23 Å². The number of aliphatic hydroxyl groups excluding tert-OH is 1. The van der Waals surface area contributed by atoms with Crippen molar-refractivity contribution in [2.24, 2.45) is 16.7 Å². The van der Waals surface area contributed by atoms with E-state index in [1.807, 2.05) is 0 Å². The predicted molar refractivity (Wildman–Crippen MR) is 89.8 cm³/mol. The zero-order valence-electron chi connectivity index (χ0n) is 14.9. The number of ether oxygens (including phenoxy) is 1. The van der Waals surface area contributed by atoms with Crippen molar-refractivity contribution in [1.82, 2.24) is 9.55 Å². The zero-order chi connectivity index (χ0) is 17.6. The fourth-order valence-electron chi connectivity index (χ4n) is 3.44. The van der Waals surface area contributed by atoms with Crippen LogP contribution in [0.2, 0.25) is 0 Å². The minimum absolute atomic E-state index is 0.0626. The van der Waals surface area contributed by atoms with Gasteiger partial charge in [0, 0.05) is 12.1 Å². The SMILES string of the molecule is CC(C)(C)C[C@H]1O[C@@H](n2ccc(N)nc2=O)C(O)[C@H]1C(C)(C)C. The Hall–Kier alpha value is -1.40. The zero-order valence-corrected chi connectivity index (χ0v) is 14.9. The predicted octanol–water partition coefficient (Wildman–Crippen LogP) is 2.18. The summed E-state index contributed by atoms with van der Waals surface area (Å²) < 4.78 is 7.46. The Labute approximate surface area is 137 Å². The molecule has 2 heterocycles. The summed E-state index contributed by atoms with van der Waals surface area (Å²) in [6.07, 6.45) is 0.717. The molecule has 1 fully saturated rings. The Kier molecular flexibility index (Phi) is 4.61. The van der Waals surface area contributed by atoms with E-state index in [2.05, 4.69) is 46.5 Å². The molecule has 0 spiro atoms. The van der Waals surface area contributed by atoms with Crippen LogP contribution in [0.5, 0.6) is 0 Å². The Balaban J connectivity index is 2.38. The maximum absolute atomic E-state index is 12.1. The van der Waals surface area contributed by atoms with Gasteiger partial charge in [-0.2, -0.15) is 4.98 Å². The van der Waals surface area contributed by atoms with Crippen LogP contribution in [0, 0.1) is 16.7 Å². The highest BCUT2D eigenvalue weighted by Crippen LogP contribution is 2.46. The summed E-state index contributed by atoms with van der Waals surface area (Å²) in [4.78, 5) is 15.8. The van der Waals surface area contributed by atoms with Crippen molar-refractivity contribution in [3.05, 3.63) is 22.7 Å². The smallest absolute Gasteiger partial charge is 0.351 e. The van der Waals surface area contributed by atoms with Gasteiger partial charge in [-0.15, -0.1) is 0 Å². The molecule has 0 amide bonds. The van der Waals surface area contributed by atoms with E-state index >= 15 is 0 Å². The molecule has 3 N–H and O–H groups in total. The maximum Gasteiger partial charge on any atom is 0.351 e. The van der Waals surface area contributed by atoms with Crippen molar-refractivity contribution in [3.63, 3.8) is 0 Å². The highest BCUT2D eigenvalue weighted by molar-refractivity contribution is 5.23. The molecule has 1 unspecified atom stereocenters. The fraction of sp³-hybridized carbons (Fsp3) is 0.765. The molecule has 1 aromatic heterocycles. The van der Waals surface area contributed by atoms with E-state index in [1.165, 1.54) is 10.8 Å². The van der Waals surface area contributed by atoms with Crippen LogP contribution in [-0.2, 0) is 4.74 Å². The summed E-state index contributed by atoms with van der Waals surface area (Å²) in [7, 11) is 0. The van der Waals surface area contributed by atoms with Gasteiger partial charge in [0.2, 0.25) is 0 Å². The van der Waals surface area contributed by atoms with Crippen LogP contribution in [0.1, 0.15) is 54.2 Å². The number of nitrogens with two attached hydrogens (primary N) is 1. The Morgan fingerprint density at radius 2 is 1.91 bits per heavy atom. The van der Waals surface area contributed by atoms with Gasteiger partial charge in [0.25, 0.3) is 0 Å². The average Bonchev–Trinajstić information content (AvgIpc) is 2.63. The number of nitrogens with zero attached hydrogens (tertiary/aromatic N) is 2. The topological polar surface area (TPSA) is 90.4 Å². The number of rotatable bonds is 2. The summed E-state index contributed by atoms with van der Waals surface area (Å²) in [5, 5.41) is 10.9. The number of anilines is 1. The summed E-state index contributed by atoms with van der Waals surface area (Å²) in [6, 6.07) is 1.54. The molecule has 0 saturated carbocycles. The molecular weight excluding hydrogens is 294 g/mol. The van der Waals surface area contributed by atoms with Crippen molar-refractivity contribution in [1.29, 1.82) is 0 Å². The third-order valence-corrected chi connectivity index (χ3v) is 4.31. The van der Waals surface area contributed by atoms with Crippen molar-refractivity contribution in [3.8, 4) is 0 Å². The Morgan fingerprint density at radius 1 is 1.30 bits per heavy atom. The van der Waals surface area contributed by atoms with Gasteiger partial charge in [0.05, 0.1) is 6.10 Å². The second-order valence-electron chi connectivity index (χ2n) is 8.75. The average molecular weight is 323 g/mol. The lowest BCUT2D eigenvalue weighted by Crippen LogP contribution is -2.39. The largest absolute Gasteiger partial charge is 0.388 e. The van der Waals surface area contributed by atoms with Gasteiger partial charge < -0.3 is 15.6 Å². The molecule has 4 atom stereocenters. The Bertz CT molecular complexity index is 613. The molecule has 1 aliphatic rings. The van der Waals surface area contributed by atoms with Crippen molar-refractivity contribution < 1.29 is 9.84 Å². The van der Waals surface area contributed by atoms with Crippen molar-refractivity contribution in [2.75, 3.05) is 5.73 Å². The van der Waals surface area contributed by atoms with Gasteiger partial charge in [-0.05, 0) is 23.3 Å². The van der Waals surface area contributed by atoms with E-state index in [0.717, 1.165) is 6.42 Å². The van der Waals surface area contributed by atoms with E-state index in [1.54, 1.807) is 6.07 Å². The summed E-state index contributed by atoms with van der Waals surface area (Å²) >= 11 is 0. The van der Waals surface area contributed by atoms with Crippen molar-refractivity contribution >= 4 is 5.82 Å². The summed E-state index contributed by atoms with van der Waals surface area (Å²) in [5.41, 5.74) is 4.96. The molecule has 1 aromatic rings. The molecule has 6 nitrogen and oxygen atoms in total. The van der Waals surface area contributed by atoms with Crippen LogP contribution >= 0.6 is 0 Å². The van der Waals surface area contributed by atoms with Crippen LogP contribution in [0.3, 0.4) is 0 Å². The van der Waals surface area contributed by atoms with E-state index in [-0.39, 0.29) is 28.7 Å². The highest BCUT2D eigenvalue weighted by Gasteiger charge is 2.50. The van der Waals surface area contributed by atoms with E-state index < -0.39 is 18.0 Å². The molecule has 130 valence electrons. The van der Waals surface area contributed by atoms with Gasteiger partial charge in [-0.3, -0.25) is 4.57 Å². The molecule has 2 rings (SSSR count). The molecule has 23 heavy (non-hydrogen) atoms. The molecule has 0 aromatic carbocycles. The first-order chi connectivity index (χ1) is 10.4. The van der Waals surface area contributed by atoms with Crippen LogP contribution in [0.15, 0.2) is 17.1 Å². The molecule has 0 aliphatic carbocycles. The molecule has 0 bridgehead atoms. The number of nitrogen functional groups attached to an aromatic ring is 1. The standard InChI is InChI=1S/C17H29N3O3/c1-16(2,3)9-10-12(17(4,5)6)13(21)14(23-10)20-8-7-11(18)19-15(20)22/h7-8,10,12-14,21H,9H2,1-6H3,(H2,18,19,22)/t10-,12+,13?,14-/m1/s1. The second-order valence-corrected chi connectivity index (χ2v) is 8.75. The molecular formula is C17H29N3O3. The first-order valence-electron chi connectivity index (χ1n) is 8.08. The van der Waals surface area contributed by atoms with Crippen LogP contribution < -0.4 is 11.4 Å². The van der Waals surface area contributed by atoms with Gasteiger partial charge >= 0.3 is 5.69 Å². The highest BCUT2D eigenvalue weighted by atomic mass is 16.5. The third kappa shape index (κ3) is 3.93. The van der Waals surface area contributed by atoms with Gasteiger partial charge in [0.1, 0.15) is 11.9 Å². The quantitative estimate of drug-likeness (QED) is 0.870. The summed E-state index contributed by atoms with van der Waals surface area (Å²) in [6.45, 7) is 12.7. The minimum Gasteiger partial charge on any atom is -0.388 e. The number of aromatic nitrogens is 2. The van der Waals surface area contributed by atoms with E-state index in [4.69, 9.17) is 10.5 Å². The van der Waals surface area contributed by atoms with E-state index in [0.29, 0.717) is 0 Å². The maximum atomic E-state index is 12.1. The Morgan fingerprint density at radius 3 is 2.39 bits per heavy atom. The minimum atomic E-state index is -0.773. The molecule has 1 saturated heterocycles. The van der Waals surface area contributed by atoms with Crippen molar-refractivity contribution in [2.45, 2.75) is 66.4 Å². The first kappa shape index (κ1) is 17.9. The van der Waals surface area contributed by atoms with Gasteiger partial charge in [-0.25, -0.2) is 4.79 Å². The van der Waals surface area contributed by atoms with Crippen LogP contribution in [0.25, 0.3) is 0 Å². The lowest BCUT2D eigenvalue weighted by Gasteiger charge is -2.35. The monoisotopic (exact) mass is 323 g/mol. The lowest BCUT2D eigenvalue weighted by molar-refractivity contribution is -0.0495. The first-order valence-corrected chi connectivity index (χ1v) is 8.08. The van der Waals surface area contributed by atoms with Crippen LogP contribution in [-0.4, -0.2) is 26.9 Å². The third-order valence-electron chi connectivity index (χ3n) is 4.31. The number of aliphatic hydroxyl groups is 1. The normalized spacial score (nSPS) is 29.0. The number of hydrogen-bond donors (Lipinski definition) is 2. The lowest BCUT2D eigenvalue weighted by atomic mass is 9.71.